The van der Waals surface area contributed by atoms with E-state index < -0.39 is 6.10 Å². The summed E-state index contributed by atoms with van der Waals surface area (Å²) in [6, 6.07) is 7.04. The van der Waals surface area contributed by atoms with Crippen molar-refractivity contribution in [1.82, 2.24) is 4.90 Å². The Kier molecular flexibility index (Phi) is 3.26. The van der Waals surface area contributed by atoms with E-state index in [9.17, 15) is 10.4 Å². The first-order valence-corrected chi connectivity index (χ1v) is 8.97. The molecule has 0 aromatic heterocycles. The molecule has 5 rings (SSSR count). The molecule has 3 aliphatic heterocycles. The molecule has 1 N–H and O–H groups in total. The van der Waals surface area contributed by atoms with E-state index in [4.69, 9.17) is 9.47 Å². The minimum Gasteiger partial charge on any atom is -0.454 e. The number of nitrogens with zero attached hydrogens (tertiary/aromatic N) is 2. The van der Waals surface area contributed by atoms with Gasteiger partial charge in [-0.2, -0.15) is 5.26 Å². The molecule has 0 amide bonds. The molecule has 3 heterocycles. The number of hydrogen-bond donors (Lipinski definition) is 1. The molecule has 0 spiro atoms. The second kappa shape index (κ2) is 5.37. The third-order valence-electron chi connectivity index (χ3n) is 6.50. The van der Waals surface area contributed by atoms with Gasteiger partial charge in [0.05, 0.1) is 18.1 Å². The quantitative estimate of drug-likeness (QED) is 0.792. The third kappa shape index (κ3) is 2.13. The van der Waals surface area contributed by atoms with Crippen LogP contribution in [-0.2, 0) is 6.42 Å². The van der Waals surface area contributed by atoms with Gasteiger partial charge in [-0.25, -0.2) is 0 Å². The minimum atomic E-state index is -0.456. The summed E-state index contributed by atoms with van der Waals surface area (Å²) in [5.41, 5.74) is 2.76. The molecule has 1 saturated heterocycles. The van der Waals surface area contributed by atoms with Crippen LogP contribution in [0.3, 0.4) is 0 Å². The molecule has 5 heteroatoms. The summed E-state index contributed by atoms with van der Waals surface area (Å²) in [7, 11) is 0. The lowest BCUT2D eigenvalue weighted by Crippen LogP contribution is -2.49. The van der Waals surface area contributed by atoms with Crippen molar-refractivity contribution in [2.45, 2.75) is 37.8 Å². The number of ether oxygens (including phenoxy) is 2. The summed E-state index contributed by atoms with van der Waals surface area (Å²) in [4.78, 5) is 2.58. The Bertz CT molecular complexity index is 713. The Labute approximate surface area is 141 Å². The van der Waals surface area contributed by atoms with E-state index in [1.165, 1.54) is 11.1 Å². The highest BCUT2D eigenvalue weighted by Gasteiger charge is 2.44. The summed E-state index contributed by atoms with van der Waals surface area (Å²) in [5.74, 6) is 2.62. The highest BCUT2D eigenvalue weighted by molar-refractivity contribution is 5.50. The molecular formula is C19H22N2O3. The lowest BCUT2D eigenvalue weighted by atomic mass is 9.67. The first-order chi connectivity index (χ1) is 11.7. The van der Waals surface area contributed by atoms with Crippen molar-refractivity contribution in [2.75, 3.05) is 19.9 Å². The molecular weight excluding hydrogens is 304 g/mol. The molecule has 1 aliphatic carbocycles. The summed E-state index contributed by atoms with van der Waals surface area (Å²) in [6.45, 7) is 2.44. The first-order valence-electron chi connectivity index (χ1n) is 8.97. The number of piperidine rings is 1. The van der Waals surface area contributed by atoms with Crippen LogP contribution in [0.5, 0.6) is 11.5 Å². The van der Waals surface area contributed by atoms with Crippen LogP contribution < -0.4 is 9.47 Å². The van der Waals surface area contributed by atoms with E-state index in [-0.39, 0.29) is 5.92 Å². The molecule has 1 aromatic rings. The fourth-order valence-electron chi connectivity index (χ4n) is 5.22. The lowest BCUT2D eigenvalue weighted by molar-refractivity contribution is -0.0270. The average molecular weight is 326 g/mol. The van der Waals surface area contributed by atoms with Crippen molar-refractivity contribution in [3.63, 3.8) is 0 Å². The highest BCUT2D eigenvalue weighted by Crippen LogP contribution is 2.49. The van der Waals surface area contributed by atoms with E-state index in [0.717, 1.165) is 50.3 Å². The number of aliphatic hydroxyl groups excluding tert-OH is 1. The molecule has 5 nitrogen and oxygen atoms in total. The van der Waals surface area contributed by atoms with Gasteiger partial charge in [0.15, 0.2) is 11.5 Å². The van der Waals surface area contributed by atoms with Gasteiger partial charge in [-0.05, 0) is 60.8 Å². The van der Waals surface area contributed by atoms with Crippen LogP contribution in [0.2, 0.25) is 0 Å². The van der Waals surface area contributed by atoms with Gasteiger partial charge in [-0.1, -0.05) is 0 Å². The van der Waals surface area contributed by atoms with Gasteiger partial charge in [0, 0.05) is 19.1 Å². The molecule has 0 unspecified atom stereocenters. The zero-order chi connectivity index (χ0) is 16.3. The van der Waals surface area contributed by atoms with Crippen LogP contribution in [0.4, 0.5) is 0 Å². The van der Waals surface area contributed by atoms with Gasteiger partial charge in [-0.3, -0.25) is 4.90 Å². The minimum absolute atomic E-state index is 0.186. The third-order valence-corrected chi connectivity index (χ3v) is 6.50. The number of aliphatic hydroxyl groups is 1. The van der Waals surface area contributed by atoms with Crippen LogP contribution in [0.1, 0.15) is 36.4 Å². The molecule has 126 valence electrons. The van der Waals surface area contributed by atoms with Gasteiger partial charge in [0.25, 0.3) is 0 Å². The Balaban J connectivity index is 1.45. The summed E-state index contributed by atoms with van der Waals surface area (Å²) < 4.78 is 11.1. The Morgan fingerprint density at radius 3 is 2.79 bits per heavy atom. The highest BCUT2D eigenvalue weighted by atomic mass is 16.7. The first kappa shape index (κ1) is 14.6. The van der Waals surface area contributed by atoms with Crippen molar-refractivity contribution >= 4 is 0 Å². The lowest BCUT2D eigenvalue weighted by Gasteiger charge is -2.50. The van der Waals surface area contributed by atoms with Crippen LogP contribution in [0.15, 0.2) is 12.1 Å². The number of nitriles is 1. The predicted molar refractivity (Wildman–Crippen MR) is 86.5 cm³/mol. The molecule has 0 bridgehead atoms. The van der Waals surface area contributed by atoms with Crippen LogP contribution in [-0.4, -0.2) is 36.0 Å². The fourth-order valence-corrected chi connectivity index (χ4v) is 5.22. The van der Waals surface area contributed by atoms with Crippen LogP contribution in [0.25, 0.3) is 0 Å². The van der Waals surface area contributed by atoms with Gasteiger partial charge < -0.3 is 14.6 Å². The SMILES string of the molecule is N#C[C@@H]1C[C@@H]2CN3CCc4cc5c(cc4[C@@H]3C[C@@H]2C[C@@H]1O)OCO5. The monoisotopic (exact) mass is 326 g/mol. The van der Waals surface area contributed by atoms with E-state index in [0.29, 0.717) is 24.7 Å². The molecule has 4 aliphatic rings. The fraction of sp³-hybridized carbons (Fsp3) is 0.632. The Morgan fingerprint density at radius 2 is 1.96 bits per heavy atom. The van der Waals surface area contributed by atoms with Crippen molar-refractivity contribution in [3.8, 4) is 17.6 Å². The van der Waals surface area contributed by atoms with Crippen LogP contribution in [0, 0.1) is 29.1 Å². The molecule has 2 fully saturated rings. The topological polar surface area (TPSA) is 65.7 Å². The van der Waals surface area contributed by atoms with Crippen molar-refractivity contribution in [1.29, 1.82) is 5.26 Å². The standard InChI is InChI=1S/C19H22N2O3/c20-8-13-3-14-9-21-2-1-11-6-18-19(24-10-23-18)7-15(11)16(21)4-12(14)5-17(13)22/h6-7,12-14,16-17,22H,1-5,9-10H2/t12-,13+,14-,16+,17+/m1/s1. The molecule has 24 heavy (non-hydrogen) atoms. The van der Waals surface area contributed by atoms with E-state index in [2.05, 4.69) is 23.1 Å². The number of rotatable bonds is 0. The van der Waals surface area contributed by atoms with Gasteiger partial charge in [-0.15, -0.1) is 0 Å². The smallest absolute Gasteiger partial charge is 0.231 e. The van der Waals surface area contributed by atoms with E-state index in [1.54, 1.807) is 0 Å². The van der Waals surface area contributed by atoms with E-state index in [1.807, 2.05) is 0 Å². The normalized spacial score (nSPS) is 37.1. The van der Waals surface area contributed by atoms with Crippen molar-refractivity contribution < 1.29 is 14.6 Å². The zero-order valence-corrected chi connectivity index (χ0v) is 13.6. The Morgan fingerprint density at radius 1 is 1.12 bits per heavy atom. The second-order valence-corrected chi connectivity index (χ2v) is 7.70. The zero-order valence-electron chi connectivity index (χ0n) is 13.6. The van der Waals surface area contributed by atoms with Crippen molar-refractivity contribution in [2.24, 2.45) is 17.8 Å². The van der Waals surface area contributed by atoms with Crippen LogP contribution >= 0.6 is 0 Å². The molecule has 0 radical (unpaired) electrons. The maximum Gasteiger partial charge on any atom is 0.231 e. The average Bonchev–Trinajstić information content (AvgIpc) is 3.05. The molecule has 1 aromatic carbocycles. The van der Waals surface area contributed by atoms with Gasteiger partial charge in [0.1, 0.15) is 0 Å². The largest absolute Gasteiger partial charge is 0.454 e. The molecule has 1 saturated carbocycles. The second-order valence-electron chi connectivity index (χ2n) is 7.70. The number of fused-ring (bicyclic) bond motifs is 5. The molecule has 5 atom stereocenters. The Hall–Kier alpha value is -1.77. The maximum atomic E-state index is 10.3. The summed E-state index contributed by atoms with van der Waals surface area (Å²) in [6.07, 6.45) is 3.28. The van der Waals surface area contributed by atoms with Gasteiger partial charge in [0.2, 0.25) is 6.79 Å². The summed E-state index contributed by atoms with van der Waals surface area (Å²) >= 11 is 0. The number of hydrogen-bond acceptors (Lipinski definition) is 5. The van der Waals surface area contributed by atoms with Gasteiger partial charge >= 0.3 is 0 Å². The number of benzene rings is 1. The summed E-state index contributed by atoms with van der Waals surface area (Å²) in [5, 5.41) is 19.5. The van der Waals surface area contributed by atoms with E-state index >= 15 is 0 Å². The maximum absolute atomic E-state index is 10.3. The predicted octanol–water partition coefficient (Wildman–Crippen LogP) is 2.25. The van der Waals surface area contributed by atoms with Crippen molar-refractivity contribution in [3.05, 3.63) is 23.3 Å².